The van der Waals surface area contributed by atoms with Crippen LogP contribution in [0.25, 0.3) is 0 Å². The van der Waals surface area contributed by atoms with Crippen molar-refractivity contribution in [2.45, 2.75) is 13.3 Å². The fourth-order valence-corrected chi connectivity index (χ4v) is 1.23. The van der Waals surface area contributed by atoms with Gasteiger partial charge in [-0.3, -0.25) is 4.79 Å². The number of Topliss-reactive ketones (excluding diaryl/α,β-unsaturated/α-hetero) is 1. The van der Waals surface area contributed by atoms with Crippen LogP contribution in [0.5, 0.6) is 0 Å². The van der Waals surface area contributed by atoms with E-state index in [4.69, 9.17) is 30.1 Å². The molecule has 0 unspecified atom stereocenters. The highest BCUT2D eigenvalue weighted by Gasteiger charge is 1.94. The zero-order chi connectivity index (χ0) is 15.6. The van der Waals surface area contributed by atoms with Gasteiger partial charge in [0.1, 0.15) is 12.4 Å². The lowest BCUT2D eigenvalue weighted by atomic mass is 10.3. The second-order valence-corrected chi connectivity index (χ2v) is 4.16. The molecule has 0 spiro atoms. The molecule has 21 heavy (non-hydrogen) atoms. The summed E-state index contributed by atoms with van der Waals surface area (Å²) in [6, 6.07) is 0. The molecule has 0 aliphatic heterocycles. The van der Waals surface area contributed by atoms with Gasteiger partial charge in [-0.05, 0) is 6.92 Å². The van der Waals surface area contributed by atoms with Gasteiger partial charge in [-0.2, -0.15) is 0 Å². The first-order valence-corrected chi connectivity index (χ1v) is 7.09. The lowest BCUT2D eigenvalue weighted by Gasteiger charge is -2.07. The van der Waals surface area contributed by atoms with E-state index < -0.39 is 0 Å². The predicted molar refractivity (Wildman–Crippen MR) is 78.2 cm³/mol. The third-order valence-electron chi connectivity index (χ3n) is 2.27. The summed E-state index contributed by atoms with van der Waals surface area (Å²) in [5, 5.41) is 0. The van der Waals surface area contributed by atoms with Gasteiger partial charge in [-0.25, -0.2) is 0 Å². The molecule has 0 aliphatic rings. The smallest absolute Gasteiger partial charge is 0.132 e. The molecule has 0 N–H and O–H groups in total. The van der Waals surface area contributed by atoms with Gasteiger partial charge in [-0.15, -0.1) is 6.42 Å². The molecule has 122 valence electrons. The van der Waals surface area contributed by atoms with Crippen LogP contribution in [0.15, 0.2) is 0 Å². The maximum absolute atomic E-state index is 10.6. The molecule has 0 saturated heterocycles. The fourth-order valence-electron chi connectivity index (χ4n) is 1.23. The fraction of sp³-hybridized carbons (Fsp3) is 0.800. The molecule has 0 bridgehead atoms. The third kappa shape index (κ3) is 19.0. The summed E-state index contributed by atoms with van der Waals surface area (Å²) in [5.74, 6) is 2.51. The van der Waals surface area contributed by atoms with E-state index in [1.807, 2.05) is 0 Å². The third-order valence-corrected chi connectivity index (χ3v) is 2.27. The first kappa shape index (κ1) is 20.0. The van der Waals surface area contributed by atoms with Crippen LogP contribution in [-0.2, 0) is 28.5 Å². The minimum atomic E-state index is 0.133. The Hall–Kier alpha value is -0.970. The lowest BCUT2D eigenvalue weighted by Crippen LogP contribution is -2.13. The van der Waals surface area contributed by atoms with Crippen LogP contribution in [-0.4, -0.2) is 71.9 Å². The standard InChI is InChI=1S/C15H26O6/c1-3-5-17-7-9-19-11-13-21-14-12-20-10-8-18-6-4-15(2)16/h1H,4-14H2,2H3. The summed E-state index contributed by atoms with van der Waals surface area (Å²) < 4.78 is 26.1. The SMILES string of the molecule is C#CCOCCOCCOCCOCCOCCC(C)=O. The van der Waals surface area contributed by atoms with Crippen LogP contribution in [0.4, 0.5) is 0 Å². The molecule has 6 nitrogen and oxygen atoms in total. The van der Waals surface area contributed by atoms with Crippen molar-refractivity contribution in [1.29, 1.82) is 0 Å². The first-order chi connectivity index (χ1) is 10.3. The quantitative estimate of drug-likeness (QED) is 0.309. The van der Waals surface area contributed by atoms with E-state index in [0.29, 0.717) is 72.5 Å². The molecular formula is C15H26O6. The van der Waals surface area contributed by atoms with Crippen molar-refractivity contribution in [3.05, 3.63) is 0 Å². The molecule has 0 aliphatic carbocycles. The molecule has 0 rings (SSSR count). The number of ketones is 1. The summed E-state index contributed by atoms with van der Waals surface area (Å²) in [6.45, 7) is 6.40. The van der Waals surface area contributed by atoms with Crippen LogP contribution < -0.4 is 0 Å². The molecule has 0 aromatic rings. The molecule has 0 aromatic carbocycles. The van der Waals surface area contributed by atoms with E-state index in [-0.39, 0.29) is 5.78 Å². The van der Waals surface area contributed by atoms with Gasteiger partial charge in [0, 0.05) is 6.42 Å². The van der Waals surface area contributed by atoms with Crippen molar-refractivity contribution in [1.82, 2.24) is 0 Å². The number of hydrogen-bond donors (Lipinski definition) is 0. The van der Waals surface area contributed by atoms with E-state index in [0.717, 1.165) is 0 Å². The monoisotopic (exact) mass is 302 g/mol. The largest absolute Gasteiger partial charge is 0.379 e. The summed E-state index contributed by atoms with van der Waals surface area (Å²) in [5.41, 5.74) is 0. The molecule has 0 amide bonds. The average Bonchev–Trinajstić information content (AvgIpc) is 2.46. The lowest BCUT2D eigenvalue weighted by molar-refractivity contribution is -0.118. The van der Waals surface area contributed by atoms with E-state index in [1.165, 1.54) is 0 Å². The summed E-state index contributed by atoms with van der Waals surface area (Å²) in [4.78, 5) is 10.6. The van der Waals surface area contributed by atoms with Crippen molar-refractivity contribution in [3.63, 3.8) is 0 Å². The highest BCUT2D eigenvalue weighted by Crippen LogP contribution is 1.86. The minimum absolute atomic E-state index is 0.133. The molecule has 0 fully saturated rings. The van der Waals surface area contributed by atoms with Crippen molar-refractivity contribution in [2.24, 2.45) is 0 Å². The van der Waals surface area contributed by atoms with Gasteiger partial charge >= 0.3 is 0 Å². The number of terminal acetylenes is 1. The molecule has 0 saturated carbocycles. The van der Waals surface area contributed by atoms with Crippen LogP contribution >= 0.6 is 0 Å². The highest BCUT2D eigenvalue weighted by atomic mass is 16.6. The molecule has 0 heterocycles. The van der Waals surface area contributed by atoms with Gasteiger partial charge in [0.25, 0.3) is 0 Å². The molecular weight excluding hydrogens is 276 g/mol. The van der Waals surface area contributed by atoms with Crippen molar-refractivity contribution >= 4 is 5.78 Å². The van der Waals surface area contributed by atoms with E-state index >= 15 is 0 Å². The van der Waals surface area contributed by atoms with Crippen LogP contribution in [0.3, 0.4) is 0 Å². The van der Waals surface area contributed by atoms with E-state index in [9.17, 15) is 4.79 Å². The van der Waals surface area contributed by atoms with Crippen molar-refractivity contribution in [2.75, 3.05) is 66.1 Å². The maximum Gasteiger partial charge on any atom is 0.132 e. The Morgan fingerprint density at radius 1 is 0.762 bits per heavy atom. The van der Waals surface area contributed by atoms with Crippen LogP contribution in [0, 0.1) is 12.3 Å². The summed E-state index contributed by atoms with van der Waals surface area (Å²) >= 11 is 0. The molecule has 0 aromatic heterocycles. The van der Waals surface area contributed by atoms with Gasteiger partial charge in [-0.1, -0.05) is 5.92 Å². The first-order valence-electron chi connectivity index (χ1n) is 7.09. The summed E-state index contributed by atoms with van der Waals surface area (Å²) in [6.07, 6.45) is 5.48. The van der Waals surface area contributed by atoms with Gasteiger partial charge < -0.3 is 23.7 Å². The average molecular weight is 302 g/mol. The number of carbonyl (C=O) groups is 1. The van der Waals surface area contributed by atoms with Gasteiger partial charge in [0.05, 0.1) is 59.5 Å². The number of hydrogen-bond acceptors (Lipinski definition) is 6. The van der Waals surface area contributed by atoms with Gasteiger partial charge in [0.2, 0.25) is 0 Å². The Morgan fingerprint density at radius 3 is 1.52 bits per heavy atom. The Bertz CT molecular complexity index is 274. The molecule has 0 atom stereocenters. The second-order valence-electron chi connectivity index (χ2n) is 4.16. The van der Waals surface area contributed by atoms with Crippen molar-refractivity contribution < 1.29 is 28.5 Å². The van der Waals surface area contributed by atoms with Gasteiger partial charge in [0.15, 0.2) is 0 Å². The van der Waals surface area contributed by atoms with Crippen LogP contribution in [0.2, 0.25) is 0 Å². The Balaban J connectivity index is 2.96. The topological polar surface area (TPSA) is 63.2 Å². The second kappa shape index (κ2) is 17.1. The molecule has 6 heteroatoms. The highest BCUT2D eigenvalue weighted by molar-refractivity contribution is 5.75. The predicted octanol–water partition coefficient (Wildman–Crippen LogP) is 0.682. The number of carbonyl (C=O) groups excluding carboxylic acids is 1. The number of ether oxygens (including phenoxy) is 5. The number of rotatable bonds is 16. The zero-order valence-corrected chi connectivity index (χ0v) is 12.8. The summed E-state index contributed by atoms with van der Waals surface area (Å²) in [7, 11) is 0. The van der Waals surface area contributed by atoms with Crippen molar-refractivity contribution in [3.8, 4) is 12.3 Å². The Morgan fingerprint density at radius 2 is 1.14 bits per heavy atom. The Labute approximate surface area is 127 Å². The van der Waals surface area contributed by atoms with E-state index in [1.54, 1.807) is 6.92 Å². The maximum atomic E-state index is 10.6. The normalized spacial score (nSPS) is 10.5. The van der Waals surface area contributed by atoms with E-state index in [2.05, 4.69) is 5.92 Å². The molecule has 0 radical (unpaired) electrons. The Kier molecular flexibility index (Phi) is 16.3. The van der Waals surface area contributed by atoms with Crippen LogP contribution in [0.1, 0.15) is 13.3 Å². The zero-order valence-electron chi connectivity index (χ0n) is 12.8. The minimum Gasteiger partial charge on any atom is -0.379 e.